The number of carbonyl (C=O) groups is 2. The number of carbonyl (C=O) groups excluding carboxylic acids is 1. The van der Waals surface area contributed by atoms with E-state index in [4.69, 9.17) is 5.11 Å². The Morgan fingerprint density at radius 2 is 1.96 bits per heavy atom. The molecule has 1 saturated carbocycles. The highest BCUT2D eigenvalue weighted by molar-refractivity contribution is 6.03. The minimum Gasteiger partial charge on any atom is -0.507 e. The van der Waals surface area contributed by atoms with Crippen molar-refractivity contribution < 1.29 is 19.8 Å². The number of halogens is 1. The van der Waals surface area contributed by atoms with Crippen molar-refractivity contribution in [2.45, 2.75) is 44.9 Å². The Hall–Kier alpha value is -2.35. The van der Waals surface area contributed by atoms with E-state index >= 15 is 0 Å². The fourth-order valence-electron chi connectivity index (χ4n) is 3.44. The molecule has 3 N–H and O–H groups in total. The van der Waals surface area contributed by atoms with Gasteiger partial charge in [-0.05, 0) is 18.4 Å². The second-order valence-electron chi connectivity index (χ2n) is 6.50. The number of hydrogen-bond acceptors (Lipinski definition) is 5. The average Bonchev–Trinajstić information content (AvgIpc) is 3.01. The molecule has 1 fully saturated rings. The first-order valence-electron chi connectivity index (χ1n) is 8.62. The number of amides is 1. The summed E-state index contributed by atoms with van der Waals surface area (Å²) in [5.74, 6) is -0.641. The van der Waals surface area contributed by atoms with Crippen molar-refractivity contribution in [1.29, 1.82) is 0 Å². The largest absolute Gasteiger partial charge is 0.507 e. The monoisotopic (exact) mass is 382 g/mol. The summed E-state index contributed by atoms with van der Waals surface area (Å²) in [6.45, 7) is -0.526. The predicted octanol–water partition coefficient (Wildman–Crippen LogP) is 2.18. The van der Waals surface area contributed by atoms with Crippen molar-refractivity contribution in [3.05, 3.63) is 23.7 Å². The van der Waals surface area contributed by atoms with Crippen LogP contribution in [-0.4, -0.2) is 43.2 Å². The molecule has 2 aromatic heterocycles. The molecular formula is C17H23ClN4O4. The molecule has 0 aromatic carbocycles. The van der Waals surface area contributed by atoms with Gasteiger partial charge in [-0.25, -0.2) is 0 Å². The summed E-state index contributed by atoms with van der Waals surface area (Å²) in [7, 11) is 0. The second kappa shape index (κ2) is 8.84. The Bertz CT molecular complexity index is 786. The Morgan fingerprint density at radius 3 is 2.65 bits per heavy atom. The van der Waals surface area contributed by atoms with Crippen molar-refractivity contribution in [1.82, 2.24) is 19.9 Å². The summed E-state index contributed by atoms with van der Waals surface area (Å²) in [5, 5.41) is 29.1. The highest BCUT2D eigenvalue weighted by Crippen LogP contribution is 2.28. The minimum atomic E-state index is -1.16. The number of fused-ring (bicyclic) bond motifs is 1. The lowest BCUT2D eigenvalue weighted by atomic mass is 9.86. The molecule has 9 heteroatoms. The van der Waals surface area contributed by atoms with Crippen molar-refractivity contribution >= 4 is 29.9 Å². The summed E-state index contributed by atoms with van der Waals surface area (Å²) in [6.07, 6.45) is 9.81. The molecule has 0 bridgehead atoms. The van der Waals surface area contributed by atoms with Crippen LogP contribution in [0.15, 0.2) is 12.3 Å². The molecule has 8 nitrogen and oxygen atoms in total. The van der Waals surface area contributed by atoms with E-state index in [-0.39, 0.29) is 29.4 Å². The molecular weight excluding hydrogens is 360 g/mol. The van der Waals surface area contributed by atoms with Crippen LogP contribution in [0.25, 0.3) is 5.65 Å². The minimum absolute atomic E-state index is 0. The highest BCUT2D eigenvalue weighted by atomic mass is 35.5. The lowest BCUT2D eigenvalue weighted by Crippen LogP contribution is -2.29. The van der Waals surface area contributed by atoms with Gasteiger partial charge in [0.15, 0.2) is 5.65 Å². The normalized spacial score (nSPS) is 14.8. The molecule has 0 saturated heterocycles. The molecule has 0 aliphatic heterocycles. The van der Waals surface area contributed by atoms with E-state index in [1.165, 1.54) is 38.2 Å². The predicted molar refractivity (Wildman–Crippen MR) is 96.8 cm³/mol. The smallest absolute Gasteiger partial charge is 0.322 e. The fourth-order valence-corrected chi connectivity index (χ4v) is 3.44. The van der Waals surface area contributed by atoms with Crippen LogP contribution in [0, 0.1) is 5.92 Å². The molecule has 1 amide bonds. The summed E-state index contributed by atoms with van der Waals surface area (Å²) in [5.41, 5.74) is 0.182. The second-order valence-corrected chi connectivity index (χ2v) is 6.50. The molecule has 3 rings (SSSR count). The van der Waals surface area contributed by atoms with Crippen LogP contribution in [0.1, 0.15) is 54.7 Å². The van der Waals surface area contributed by atoms with Crippen molar-refractivity contribution in [3.8, 4) is 5.75 Å². The summed E-state index contributed by atoms with van der Waals surface area (Å²) in [4.78, 5) is 22.8. The molecule has 2 heterocycles. The fraction of sp³-hybridized carbons (Fsp3) is 0.529. The lowest BCUT2D eigenvalue weighted by molar-refractivity contribution is -0.135. The van der Waals surface area contributed by atoms with Gasteiger partial charge in [-0.2, -0.15) is 0 Å². The number of aromatic nitrogens is 3. The molecule has 0 atom stereocenters. The van der Waals surface area contributed by atoms with Gasteiger partial charge in [0.1, 0.15) is 23.7 Å². The zero-order chi connectivity index (χ0) is 17.8. The third kappa shape index (κ3) is 4.43. The molecule has 0 radical (unpaired) electrons. The Labute approximate surface area is 157 Å². The van der Waals surface area contributed by atoms with Gasteiger partial charge in [0.05, 0.1) is 0 Å². The number of aliphatic carboxylic acids is 1. The maximum absolute atomic E-state index is 12.2. The van der Waals surface area contributed by atoms with Gasteiger partial charge in [-0.3, -0.25) is 14.0 Å². The standard InChI is InChI=1S/C17H22N4O4.ClH/c22-12-8-9-21-13(7-6-11-4-2-1-3-5-11)19-20-16(21)15(12)17(25)18-10-14(23)24;/h8-9,11,22H,1-7,10H2,(H,18,25)(H,23,24);1H. The van der Waals surface area contributed by atoms with Crippen LogP contribution in [0.5, 0.6) is 5.75 Å². The number of rotatable bonds is 6. The summed E-state index contributed by atoms with van der Waals surface area (Å²) >= 11 is 0. The maximum Gasteiger partial charge on any atom is 0.322 e. The summed E-state index contributed by atoms with van der Waals surface area (Å²) < 4.78 is 1.69. The molecule has 1 aliphatic rings. The maximum atomic E-state index is 12.2. The summed E-state index contributed by atoms with van der Waals surface area (Å²) in [6, 6.07) is 1.40. The number of nitrogens with one attached hydrogen (secondary N) is 1. The topological polar surface area (TPSA) is 117 Å². The van der Waals surface area contributed by atoms with Crippen LogP contribution in [0.4, 0.5) is 0 Å². The van der Waals surface area contributed by atoms with Crippen LogP contribution >= 0.6 is 12.4 Å². The van der Waals surface area contributed by atoms with Crippen LogP contribution in [0.2, 0.25) is 0 Å². The van der Waals surface area contributed by atoms with Gasteiger partial charge in [0, 0.05) is 12.6 Å². The van der Waals surface area contributed by atoms with Crippen LogP contribution in [0.3, 0.4) is 0 Å². The Kier molecular flexibility index (Phi) is 6.79. The molecule has 1 aliphatic carbocycles. The quantitative estimate of drug-likeness (QED) is 0.705. The first kappa shape index (κ1) is 20.0. The number of aromatic hydroxyl groups is 1. The molecule has 26 heavy (non-hydrogen) atoms. The SMILES string of the molecule is Cl.O=C(O)CNC(=O)c1c(O)ccn2c(CCC3CCCCC3)nnc12. The van der Waals surface area contributed by atoms with E-state index in [1.54, 1.807) is 10.6 Å². The van der Waals surface area contributed by atoms with E-state index in [2.05, 4.69) is 15.5 Å². The number of pyridine rings is 1. The van der Waals surface area contributed by atoms with E-state index in [0.717, 1.165) is 18.7 Å². The lowest BCUT2D eigenvalue weighted by Gasteiger charge is -2.20. The Balaban J connectivity index is 0.00000243. The van der Waals surface area contributed by atoms with Crippen molar-refractivity contribution in [2.24, 2.45) is 5.92 Å². The van der Waals surface area contributed by atoms with Gasteiger partial charge in [-0.15, -0.1) is 22.6 Å². The zero-order valence-corrected chi connectivity index (χ0v) is 15.2. The first-order chi connectivity index (χ1) is 12.1. The van der Waals surface area contributed by atoms with Gasteiger partial charge >= 0.3 is 5.97 Å². The van der Waals surface area contributed by atoms with Gasteiger partial charge in [-0.1, -0.05) is 32.1 Å². The number of carboxylic acids is 1. The first-order valence-corrected chi connectivity index (χ1v) is 8.62. The number of aryl methyl sites for hydroxylation is 1. The molecule has 0 spiro atoms. The number of hydrogen-bond donors (Lipinski definition) is 3. The third-order valence-corrected chi connectivity index (χ3v) is 4.76. The van der Waals surface area contributed by atoms with E-state index in [9.17, 15) is 14.7 Å². The van der Waals surface area contributed by atoms with Crippen molar-refractivity contribution in [3.63, 3.8) is 0 Å². The third-order valence-electron chi connectivity index (χ3n) is 4.76. The average molecular weight is 383 g/mol. The van der Waals surface area contributed by atoms with Crippen LogP contribution < -0.4 is 5.32 Å². The number of nitrogens with zero attached hydrogens (tertiary/aromatic N) is 3. The van der Waals surface area contributed by atoms with E-state index in [0.29, 0.717) is 5.92 Å². The van der Waals surface area contributed by atoms with E-state index in [1.807, 2.05) is 0 Å². The van der Waals surface area contributed by atoms with Gasteiger partial charge in [0.25, 0.3) is 5.91 Å². The number of carboxylic acid groups (broad SMARTS) is 1. The van der Waals surface area contributed by atoms with Crippen molar-refractivity contribution in [2.75, 3.05) is 6.54 Å². The van der Waals surface area contributed by atoms with E-state index < -0.39 is 18.4 Å². The van der Waals surface area contributed by atoms with Crippen LogP contribution in [-0.2, 0) is 11.2 Å². The zero-order valence-electron chi connectivity index (χ0n) is 14.3. The van der Waals surface area contributed by atoms with Gasteiger partial charge in [0.2, 0.25) is 0 Å². The molecule has 142 valence electrons. The highest BCUT2D eigenvalue weighted by Gasteiger charge is 2.21. The Morgan fingerprint density at radius 1 is 1.23 bits per heavy atom. The molecule has 2 aromatic rings. The molecule has 0 unspecified atom stereocenters. The van der Waals surface area contributed by atoms with Gasteiger partial charge < -0.3 is 15.5 Å².